The SMILES string of the molecule is CC1(C)Oc2ccc(S(=O)(=O)N3CCC(O)CC3)cc2NC1=O. The zero-order chi connectivity index (χ0) is 16.8. The molecule has 2 aliphatic rings. The molecule has 0 saturated carbocycles. The van der Waals surface area contributed by atoms with Gasteiger partial charge in [-0.2, -0.15) is 4.31 Å². The van der Waals surface area contributed by atoms with Gasteiger partial charge in [-0.25, -0.2) is 8.42 Å². The van der Waals surface area contributed by atoms with Gasteiger partial charge in [0.2, 0.25) is 10.0 Å². The average molecular weight is 340 g/mol. The molecule has 0 atom stereocenters. The lowest BCUT2D eigenvalue weighted by Crippen LogP contribution is -2.45. The quantitative estimate of drug-likeness (QED) is 0.835. The third-order valence-corrected chi connectivity index (χ3v) is 6.07. The summed E-state index contributed by atoms with van der Waals surface area (Å²) < 4.78 is 32.3. The molecule has 1 aromatic rings. The number of hydrogen-bond donors (Lipinski definition) is 2. The maximum absolute atomic E-state index is 12.7. The van der Waals surface area contributed by atoms with Crippen LogP contribution in [0.5, 0.6) is 5.75 Å². The summed E-state index contributed by atoms with van der Waals surface area (Å²) in [5.74, 6) is 0.128. The minimum Gasteiger partial charge on any atom is -0.476 e. The fourth-order valence-electron chi connectivity index (χ4n) is 2.68. The maximum Gasteiger partial charge on any atom is 0.268 e. The van der Waals surface area contributed by atoms with E-state index in [1.807, 2.05) is 0 Å². The molecule has 0 spiro atoms. The molecule has 2 N–H and O–H groups in total. The molecule has 2 heterocycles. The highest BCUT2D eigenvalue weighted by molar-refractivity contribution is 7.89. The monoisotopic (exact) mass is 340 g/mol. The van der Waals surface area contributed by atoms with Crippen molar-refractivity contribution in [2.45, 2.75) is 43.3 Å². The van der Waals surface area contributed by atoms with Gasteiger partial charge in [-0.1, -0.05) is 0 Å². The molecule has 1 fully saturated rings. The number of amides is 1. The van der Waals surface area contributed by atoms with E-state index in [9.17, 15) is 18.3 Å². The van der Waals surface area contributed by atoms with E-state index in [-0.39, 0.29) is 23.9 Å². The van der Waals surface area contributed by atoms with E-state index in [0.717, 1.165) is 0 Å². The molecule has 23 heavy (non-hydrogen) atoms. The van der Waals surface area contributed by atoms with Crippen LogP contribution in [0.3, 0.4) is 0 Å². The summed E-state index contributed by atoms with van der Waals surface area (Å²) >= 11 is 0. The van der Waals surface area contributed by atoms with Crippen LogP contribution in [0.4, 0.5) is 5.69 Å². The largest absolute Gasteiger partial charge is 0.476 e. The summed E-state index contributed by atoms with van der Waals surface area (Å²) in [7, 11) is -3.65. The lowest BCUT2D eigenvalue weighted by atomic mass is 10.1. The first-order chi connectivity index (χ1) is 10.7. The average Bonchev–Trinajstić information content (AvgIpc) is 2.48. The molecule has 1 saturated heterocycles. The van der Waals surface area contributed by atoms with Gasteiger partial charge >= 0.3 is 0 Å². The molecule has 3 rings (SSSR count). The number of ether oxygens (including phenoxy) is 1. The van der Waals surface area contributed by atoms with E-state index in [2.05, 4.69) is 5.32 Å². The van der Waals surface area contributed by atoms with Gasteiger partial charge in [0.25, 0.3) is 5.91 Å². The molecule has 1 aromatic carbocycles. The van der Waals surface area contributed by atoms with Gasteiger partial charge in [0.1, 0.15) is 5.75 Å². The Bertz CT molecular complexity index is 736. The van der Waals surface area contributed by atoms with Crippen molar-refractivity contribution in [3.05, 3.63) is 18.2 Å². The molecule has 0 aromatic heterocycles. The molecule has 2 aliphatic heterocycles. The number of nitrogens with one attached hydrogen (secondary N) is 1. The second-order valence-corrected chi connectivity index (χ2v) is 8.30. The van der Waals surface area contributed by atoms with Crippen LogP contribution in [-0.2, 0) is 14.8 Å². The third kappa shape index (κ3) is 2.93. The number of anilines is 1. The van der Waals surface area contributed by atoms with Crippen LogP contribution in [-0.4, -0.2) is 48.5 Å². The first-order valence-electron chi connectivity index (χ1n) is 7.53. The van der Waals surface area contributed by atoms with E-state index < -0.39 is 21.7 Å². The standard InChI is InChI=1S/C15H20N2O5S/c1-15(2)14(19)16-12-9-11(3-4-13(12)22-15)23(20,21)17-7-5-10(18)6-8-17/h3-4,9-10,18H,5-8H2,1-2H3,(H,16,19). The van der Waals surface area contributed by atoms with Crippen LogP contribution in [0.2, 0.25) is 0 Å². The first kappa shape index (κ1) is 16.2. The number of carbonyl (C=O) groups excluding carboxylic acids is 1. The molecule has 1 amide bonds. The Morgan fingerprint density at radius 1 is 1.30 bits per heavy atom. The molecule has 0 bridgehead atoms. The lowest BCUT2D eigenvalue weighted by molar-refractivity contribution is -0.129. The zero-order valence-electron chi connectivity index (χ0n) is 13.1. The molecular formula is C15H20N2O5S. The summed E-state index contributed by atoms with van der Waals surface area (Å²) in [5.41, 5.74) is -0.636. The van der Waals surface area contributed by atoms with Crippen LogP contribution in [0.25, 0.3) is 0 Å². The minimum absolute atomic E-state index is 0.108. The van der Waals surface area contributed by atoms with Crippen molar-refractivity contribution in [2.75, 3.05) is 18.4 Å². The smallest absolute Gasteiger partial charge is 0.268 e. The number of nitrogens with zero attached hydrogens (tertiary/aromatic N) is 1. The summed E-state index contributed by atoms with van der Waals surface area (Å²) in [6, 6.07) is 4.46. The molecule has 0 radical (unpaired) electrons. The van der Waals surface area contributed by atoms with E-state index in [4.69, 9.17) is 4.74 Å². The predicted octanol–water partition coefficient (Wildman–Crippen LogP) is 0.941. The molecule has 0 unspecified atom stereocenters. The second-order valence-electron chi connectivity index (χ2n) is 6.36. The number of fused-ring (bicyclic) bond motifs is 1. The van der Waals surface area contributed by atoms with Gasteiger partial charge in [-0.15, -0.1) is 0 Å². The van der Waals surface area contributed by atoms with E-state index in [1.54, 1.807) is 19.9 Å². The van der Waals surface area contributed by atoms with Crippen molar-refractivity contribution in [1.82, 2.24) is 4.31 Å². The van der Waals surface area contributed by atoms with Crippen LogP contribution in [0, 0.1) is 0 Å². The zero-order valence-corrected chi connectivity index (χ0v) is 13.9. The van der Waals surface area contributed by atoms with E-state index in [1.165, 1.54) is 16.4 Å². The first-order valence-corrected chi connectivity index (χ1v) is 8.97. The normalized spacial score (nSPS) is 22.1. The molecular weight excluding hydrogens is 320 g/mol. The highest BCUT2D eigenvalue weighted by atomic mass is 32.2. The van der Waals surface area contributed by atoms with Crippen LogP contribution in [0.1, 0.15) is 26.7 Å². The van der Waals surface area contributed by atoms with Gasteiger partial charge in [0.05, 0.1) is 16.7 Å². The second kappa shape index (κ2) is 5.47. The maximum atomic E-state index is 12.7. The van der Waals surface area contributed by atoms with Crippen LogP contribution in [0.15, 0.2) is 23.1 Å². The number of aliphatic hydroxyl groups is 1. The molecule has 126 valence electrons. The van der Waals surface area contributed by atoms with Crippen molar-refractivity contribution >= 4 is 21.6 Å². The van der Waals surface area contributed by atoms with Gasteiger partial charge in [0, 0.05) is 13.1 Å². The van der Waals surface area contributed by atoms with Crippen molar-refractivity contribution in [3.8, 4) is 5.75 Å². The molecule has 8 heteroatoms. The number of sulfonamides is 1. The third-order valence-electron chi connectivity index (χ3n) is 4.17. The van der Waals surface area contributed by atoms with Crippen molar-refractivity contribution in [2.24, 2.45) is 0 Å². The van der Waals surface area contributed by atoms with E-state index in [0.29, 0.717) is 24.3 Å². The topological polar surface area (TPSA) is 95.9 Å². The Morgan fingerprint density at radius 3 is 2.61 bits per heavy atom. The highest BCUT2D eigenvalue weighted by Gasteiger charge is 2.36. The van der Waals surface area contributed by atoms with Crippen molar-refractivity contribution in [1.29, 1.82) is 0 Å². The minimum atomic E-state index is -3.65. The van der Waals surface area contributed by atoms with Crippen molar-refractivity contribution < 1.29 is 23.1 Å². The Morgan fingerprint density at radius 2 is 1.96 bits per heavy atom. The molecule has 0 aliphatic carbocycles. The number of benzene rings is 1. The summed E-state index contributed by atoms with van der Waals surface area (Å²) in [6.07, 6.45) is 0.413. The number of rotatable bonds is 2. The summed E-state index contributed by atoms with van der Waals surface area (Å²) in [6.45, 7) is 3.87. The summed E-state index contributed by atoms with van der Waals surface area (Å²) in [4.78, 5) is 12.1. The van der Waals surface area contributed by atoms with Crippen LogP contribution >= 0.6 is 0 Å². The Labute approximate surface area is 135 Å². The fraction of sp³-hybridized carbons (Fsp3) is 0.533. The van der Waals surface area contributed by atoms with Gasteiger partial charge in [0.15, 0.2) is 5.60 Å². The fourth-order valence-corrected chi connectivity index (χ4v) is 4.18. The lowest BCUT2D eigenvalue weighted by Gasteiger charge is -2.32. The van der Waals surface area contributed by atoms with Crippen LogP contribution < -0.4 is 10.1 Å². The van der Waals surface area contributed by atoms with Crippen molar-refractivity contribution in [3.63, 3.8) is 0 Å². The Kier molecular flexibility index (Phi) is 3.86. The van der Waals surface area contributed by atoms with Gasteiger partial charge in [-0.3, -0.25) is 4.79 Å². The Balaban J connectivity index is 1.90. The number of hydrogen-bond acceptors (Lipinski definition) is 5. The number of aliphatic hydroxyl groups excluding tert-OH is 1. The summed E-state index contributed by atoms with van der Waals surface area (Å²) in [5, 5.41) is 12.2. The van der Waals surface area contributed by atoms with Gasteiger partial charge < -0.3 is 15.2 Å². The van der Waals surface area contributed by atoms with E-state index >= 15 is 0 Å². The van der Waals surface area contributed by atoms with Gasteiger partial charge in [-0.05, 0) is 44.9 Å². The highest BCUT2D eigenvalue weighted by Crippen LogP contribution is 2.36. The molecule has 7 nitrogen and oxygen atoms in total. The Hall–Kier alpha value is -1.64. The number of carbonyl (C=O) groups is 1. The predicted molar refractivity (Wildman–Crippen MR) is 83.8 cm³/mol. The number of piperidine rings is 1.